The summed E-state index contributed by atoms with van der Waals surface area (Å²) in [5.74, 6) is 1.46. The molecule has 3 aromatic rings. The van der Waals surface area contributed by atoms with E-state index in [0.29, 0.717) is 47.9 Å². The molecule has 0 aliphatic carbocycles. The van der Waals surface area contributed by atoms with Gasteiger partial charge in [-0.3, -0.25) is 0 Å². The molecule has 0 spiro atoms. The number of nitriles is 1. The number of hydrogen-bond acceptors (Lipinski definition) is 7. The fourth-order valence-corrected chi connectivity index (χ4v) is 3.96. The molecule has 1 aromatic heterocycles. The fraction of sp³-hybridized carbons (Fsp3) is 0.304. The lowest BCUT2D eigenvalue weighted by atomic mass is 10.0. The summed E-state index contributed by atoms with van der Waals surface area (Å²) in [6.45, 7) is 1.83. The van der Waals surface area contributed by atoms with Crippen LogP contribution >= 0.6 is 0 Å². The zero-order valence-electron chi connectivity index (χ0n) is 17.9. The van der Waals surface area contributed by atoms with Crippen LogP contribution in [0.4, 0.5) is 19.0 Å². The van der Waals surface area contributed by atoms with E-state index in [0.717, 1.165) is 10.9 Å². The van der Waals surface area contributed by atoms with E-state index in [1.807, 2.05) is 0 Å². The predicted octanol–water partition coefficient (Wildman–Crippen LogP) is 4.17. The van der Waals surface area contributed by atoms with Crippen molar-refractivity contribution in [3.05, 3.63) is 53.7 Å². The number of piperazine rings is 1. The number of benzene rings is 2. The van der Waals surface area contributed by atoms with Gasteiger partial charge in [-0.25, -0.2) is 4.98 Å². The highest BCUT2D eigenvalue weighted by Gasteiger charge is 2.31. The molecule has 1 unspecified atom stereocenters. The summed E-state index contributed by atoms with van der Waals surface area (Å²) in [6.07, 6.45) is -3.20. The van der Waals surface area contributed by atoms with Crippen LogP contribution in [0.2, 0.25) is 0 Å². The van der Waals surface area contributed by atoms with Gasteiger partial charge >= 0.3 is 6.36 Å². The van der Waals surface area contributed by atoms with Crippen molar-refractivity contribution in [2.24, 2.45) is 0 Å². The molecule has 172 valence electrons. The van der Waals surface area contributed by atoms with Crippen molar-refractivity contribution in [1.82, 2.24) is 10.3 Å². The third-order valence-electron chi connectivity index (χ3n) is 5.48. The molecule has 1 N–H and O–H groups in total. The highest BCUT2D eigenvalue weighted by atomic mass is 19.4. The monoisotopic (exact) mass is 458 g/mol. The molecule has 0 bridgehead atoms. The number of ether oxygens (including phenoxy) is 3. The zero-order valence-corrected chi connectivity index (χ0v) is 17.9. The quantitative estimate of drug-likeness (QED) is 0.615. The van der Waals surface area contributed by atoms with Gasteiger partial charge in [0.05, 0.1) is 19.8 Å². The van der Waals surface area contributed by atoms with Crippen LogP contribution in [-0.2, 0) is 0 Å². The van der Waals surface area contributed by atoms with E-state index in [-0.39, 0.29) is 11.8 Å². The van der Waals surface area contributed by atoms with E-state index in [4.69, 9.17) is 9.47 Å². The Hall–Kier alpha value is -3.71. The number of nitrogens with one attached hydrogen (secondary N) is 1. The Morgan fingerprint density at radius 2 is 1.76 bits per heavy atom. The third kappa shape index (κ3) is 4.73. The van der Waals surface area contributed by atoms with Gasteiger partial charge in [0, 0.05) is 42.6 Å². The van der Waals surface area contributed by atoms with Crippen LogP contribution in [0.15, 0.2) is 42.6 Å². The predicted molar refractivity (Wildman–Crippen MR) is 116 cm³/mol. The third-order valence-corrected chi connectivity index (χ3v) is 5.48. The van der Waals surface area contributed by atoms with Crippen LogP contribution < -0.4 is 24.4 Å². The molecule has 4 rings (SSSR count). The van der Waals surface area contributed by atoms with Crippen LogP contribution in [0.3, 0.4) is 0 Å². The number of methoxy groups -OCH3 is 2. The number of nitrogens with zero attached hydrogens (tertiary/aromatic N) is 3. The topological polar surface area (TPSA) is 79.6 Å². The number of anilines is 1. The molecule has 33 heavy (non-hydrogen) atoms. The Morgan fingerprint density at radius 3 is 2.36 bits per heavy atom. The number of pyridine rings is 1. The lowest BCUT2D eigenvalue weighted by molar-refractivity contribution is -0.274. The molecular weight excluding hydrogens is 437 g/mol. The fourth-order valence-electron chi connectivity index (χ4n) is 3.96. The van der Waals surface area contributed by atoms with Gasteiger partial charge in [0.15, 0.2) is 11.5 Å². The van der Waals surface area contributed by atoms with Gasteiger partial charge in [-0.2, -0.15) is 5.26 Å². The molecule has 2 aromatic carbocycles. The second-order valence-corrected chi connectivity index (χ2v) is 7.43. The summed E-state index contributed by atoms with van der Waals surface area (Å²) in [4.78, 5) is 6.63. The second-order valence-electron chi connectivity index (χ2n) is 7.43. The van der Waals surface area contributed by atoms with Crippen molar-refractivity contribution in [3.8, 4) is 23.3 Å². The van der Waals surface area contributed by atoms with Crippen LogP contribution in [0, 0.1) is 11.3 Å². The molecule has 10 heteroatoms. The number of fused-ring (bicyclic) bond motifs is 1. The maximum atomic E-state index is 12.4. The summed E-state index contributed by atoms with van der Waals surface area (Å²) in [6, 6.07) is 11.4. The smallest absolute Gasteiger partial charge is 0.493 e. The Balaban J connectivity index is 1.65. The average molecular weight is 458 g/mol. The molecule has 1 fully saturated rings. The molecule has 1 atom stereocenters. The van der Waals surface area contributed by atoms with Gasteiger partial charge in [-0.1, -0.05) is 12.1 Å². The van der Waals surface area contributed by atoms with Crippen LogP contribution in [0.25, 0.3) is 10.8 Å². The Labute approximate surface area is 188 Å². The number of hydrogen-bond donors (Lipinski definition) is 1. The summed E-state index contributed by atoms with van der Waals surface area (Å²) >= 11 is 0. The lowest BCUT2D eigenvalue weighted by Gasteiger charge is -2.35. The average Bonchev–Trinajstić information content (AvgIpc) is 2.82. The number of rotatable bonds is 5. The van der Waals surface area contributed by atoms with E-state index in [1.54, 1.807) is 24.3 Å². The minimum absolute atomic E-state index is 0.133. The normalized spacial score (nSPS) is 16.4. The van der Waals surface area contributed by atoms with Crippen molar-refractivity contribution in [1.29, 1.82) is 5.26 Å². The summed E-state index contributed by atoms with van der Waals surface area (Å²) < 4.78 is 52.1. The summed E-state index contributed by atoms with van der Waals surface area (Å²) in [5.41, 5.74) is 1.24. The largest absolute Gasteiger partial charge is 0.573 e. The standard InChI is InChI=1S/C23H21F3N4O3/c1-31-20-9-17-15(11-27)12-29-22(18(17)10-21(20)32-2)30-8-7-28-19(13-30)14-3-5-16(6-4-14)33-23(24,25)26/h3-6,9-10,12,19,28H,7-8,13H2,1-2H3. The van der Waals surface area contributed by atoms with E-state index in [2.05, 4.69) is 26.0 Å². The number of alkyl halides is 3. The Kier molecular flexibility index (Phi) is 6.16. The first-order chi connectivity index (χ1) is 15.8. The van der Waals surface area contributed by atoms with E-state index < -0.39 is 6.36 Å². The minimum Gasteiger partial charge on any atom is -0.493 e. The molecule has 0 saturated carbocycles. The van der Waals surface area contributed by atoms with Crippen molar-refractivity contribution in [3.63, 3.8) is 0 Å². The van der Waals surface area contributed by atoms with E-state index in [9.17, 15) is 18.4 Å². The molecule has 0 amide bonds. The van der Waals surface area contributed by atoms with Crippen molar-refractivity contribution >= 4 is 16.6 Å². The van der Waals surface area contributed by atoms with E-state index in [1.165, 1.54) is 32.5 Å². The zero-order chi connectivity index (χ0) is 23.6. The molecule has 2 heterocycles. The van der Waals surface area contributed by atoms with Gasteiger partial charge in [0.1, 0.15) is 17.6 Å². The molecular formula is C23H21F3N4O3. The van der Waals surface area contributed by atoms with Gasteiger partial charge in [-0.15, -0.1) is 13.2 Å². The second kappa shape index (κ2) is 9.03. The highest BCUT2D eigenvalue weighted by molar-refractivity contribution is 5.98. The van der Waals surface area contributed by atoms with Crippen molar-refractivity contribution in [2.45, 2.75) is 12.4 Å². The molecule has 1 saturated heterocycles. The van der Waals surface area contributed by atoms with Crippen LogP contribution in [-0.4, -0.2) is 45.2 Å². The van der Waals surface area contributed by atoms with Gasteiger partial charge in [0.2, 0.25) is 0 Å². The number of halogens is 3. The maximum absolute atomic E-state index is 12.4. The first-order valence-electron chi connectivity index (χ1n) is 10.1. The first-order valence-corrected chi connectivity index (χ1v) is 10.1. The van der Waals surface area contributed by atoms with E-state index >= 15 is 0 Å². The van der Waals surface area contributed by atoms with Crippen LogP contribution in [0.1, 0.15) is 17.2 Å². The minimum atomic E-state index is -4.73. The summed E-state index contributed by atoms with van der Waals surface area (Å²) in [5, 5.41) is 14.4. The van der Waals surface area contributed by atoms with Gasteiger partial charge in [0.25, 0.3) is 0 Å². The van der Waals surface area contributed by atoms with Crippen molar-refractivity contribution < 1.29 is 27.4 Å². The maximum Gasteiger partial charge on any atom is 0.573 e. The highest BCUT2D eigenvalue weighted by Crippen LogP contribution is 2.38. The van der Waals surface area contributed by atoms with Gasteiger partial charge < -0.3 is 24.4 Å². The van der Waals surface area contributed by atoms with Gasteiger partial charge in [-0.05, 0) is 29.8 Å². The Bertz CT molecular complexity index is 1190. The SMILES string of the molecule is COc1cc2c(C#N)cnc(N3CCNC(c4ccc(OC(F)(F)F)cc4)C3)c2cc1OC. The number of aromatic nitrogens is 1. The molecule has 1 aliphatic rings. The molecule has 0 radical (unpaired) electrons. The molecule has 7 nitrogen and oxygen atoms in total. The molecule has 1 aliphatic heterocycles. The van der Waals surface area contributed by atoms with Crippen molar-refractivity contribution in [2.75, 3.05) is 38.8 Å². The van der Waals surface area contributed by atoms with Crippen LogP contribution in [0.5, 0.6) is 17.2 Å². The summed E-state index contributed by atoms with van der Waals surface area (Å²) in [7, 11) is 3.07. The lowest BCUT2D eigenvalue weighted by Crippen LogP contribution is -2.46. The first kappa shape index (κ1) is 22.5. The Morgan fingerprint density at radius 1 is 1.09 bits per heavy atom.